The Balaban J connectivity index is 2.11. The van der Waals surface area contributed by atoms with E-state index in [4.69, 9.17) is 17.3 Å². The van der Waals surface area contributed by atoms with Gasteiger partial charge in [-0.3, -0.25) is 0 Å². The highest BCUT2D eigenvalue weighted by Crippen LogP contribution is 2.24. The first-order valence-corrected chi connectivity index (χ1v) is 6.95. The zero-order valence-electron chi connectivity index (χ0n) is 12.3. The molecule has 5 heteroatoms. The van der Waals surface area contributed by atoms with E-state index in [0.717, 1.165) is 16.7 Å². The van der Waals surface area contributed by atoms with Crippen LogP contribution < -0.4 is 16.4 Å². The van der Waals surface area contributed by atoms with E-state index in [-0.39, 0.29) is 6.03 Å². The third-order valence-corrected chi connectivity index (χ3v) is 3.75. The second-order valence-corrected chi connectivity index (χ2v) is 5.47. The van der Waals surface area contributed by atoms with Crippen molar-refractivity contribution in [3.63, 3.8) is 0 Å². The zero-order valence-corrected chi connectivity index (χ0v) is 13.0. The molecule has 21 heavy (non-hydrogen) atoms. The molecule has 4 N–H and O–H groups in total. The van der Waals surface area contributed by atoms with Gasteiger partial charge in [0.1, 0.15) is 0 Å². The molecule has 0 unspecified atom stereocenters. The number of carbonyl (C=O) groups is 1. The van der Waals surface area contributed by atoms with E-state index in [1.807, 2.05) is 39.0 Å². The molecule has 0 aliphatic heterocycles. The van der Waals surface area contributed by atoms with Gasteiger partial charge in [0.05, 0.1) is 11.4 Å². The minimum absolute atomic E-state index is 0.357. The number of nitrogen functional groups attached to an aromatic ring is 1. The normalized spacial score (nSPS) is 10.3. The summed E-state index contributed by atoms with van der Waals surface area (Å²) in [5.74, 6) is 0. The van der Waals surface area contributed by atoms with Crippen LogP contribution in [0, 0.1) is 20.8 Å². The summed E-state index contributed by atoms with van der Waals surface area (Å²) >= 11 is 6.03. The van der Waals surface area contributed by atoms with Crippen molar-refractivity contribution >= 4 is 34.7 Å². The number of nitrogens with two attached hydrogens (primary N) is 1. The molecule has 0 fully saturated rings. The molecule has 0 bridgehead atoms. The number of hydrogen-bond donors (Lipinski definition) is 3. The van der Waals surface area contributed by atoms with E-state index in [1.165, 1.54) is 0 Å². The van der Waals surface area contributed by atoms with Crippen molar-refractivity contribution in [3.8, 4) is 0 Å². The van der Waals surface area contributed by atoms with Gasteiger partial charge in [-0.25, -0.2) is 4.79 Å². The highest BCUT2D eigenvalue weighted by molar-refractivity contribution is 6.31. The van der Waals surface area contributed by atoms with Crippen LogP contribution in [0.15, 0.2) is 30.3 Å². The molecule has 0 spiro atoms. The molecule has 0 aromatic heterocycles. The Labute approximate surface area is 129 Å². The highest BCUT2D eigenvalue weighted by Gasteiger charge is 2.08. The maximum absolute atomic E-state index is 12.0. The molecule has 0 saturated heterocycles. The lowest BCUT2D eigenvalue weighted by atomic mass is 10.1. The van der Waals surface area contributed by atoms with E-state index in [0.29, 0.717) is 22.1 Å². The Morgan fingerprint density at radius 2 is 1.67 bits per heavy atom. The lowest BCUT2D eigenvalue weighted by Crippen LogP contribution is -2.20. The van der Waals surface area contributed by atoms with Crippen molar-refractivity contribution in [3.05, 3.63) is 52.0 Å². The average Bonchev–Trinajstić information content (AvgIpc) is 2.40. The fraction of sp³-hybridized carbons (Fsp3) is 0.188. The van der Waals surface area contributed by atoms with Crippen LogP contribution in [-0.4, -0.2) is 6.03 Å². The van der Waals surface area contributed by atoms with Crippen LogP contribution in [0.3, 0.4) is 0 Å². The minimum atomic E-state index is -0.357. The Kier molecular flexibility index (Phi) is 4.38. The molecule has 0 aliphatic rings. The predicted octanol–water partition coefficient (Wildman–Crippen LogP) is 4.49. The molecule has 4 nitrogen and oxygen atoms in total. The van der Waals surface area contributed by atoms with E-state index in [1.54, 1.807) is 12.1 Å². The Morgan fingerprint density at radius 3 is 2.33 bits per heavy atom. The van der Waals surface area contributed by atoms with E-state index < -0.39 is 0 Å². The maximum atomic E-state index is 12.0. The van der Waals surface area contributed by atoms with Crippen LogP contribution in [0.5, 0.6) is 0 Å². The van der Waals surface area contributed by atoms with Crippen LogP contribution in [0.4, 0.5) is 21.9 Å². The molecule has 0 aliphatic carbocycles. The number of hydrogen-bond acceptors (Lipinski definition) is 2. The number of benzene rings is 2. The molecule has 110 valence electrons. The summed E-state index contributed by atoms with van der Waals surface area (Å²) in [6.45, 7) is 5.85. The van der Waals surface area contributed by atoms with Gasteiger partial charge in [-0.1, -0.05) is 17.7 Å². The Hall–Kier alpha value is -2.20. The molecule has 2 rings (SSSR count). The molecule has 0 saturated carbocycles. The monoisotopic (exact) mass is 303 g/mol. The van der Waals surface area contributed by atoms with Crippen molar-refractivity contribution in [1.82, 2.24) is 0 Å². The quantitative estimate of drug-likeness (QED) is 0.715. The number of anilines is 3. The third-order valence-electron chi connectivity index (χ3n) is 3.34. The molecular formula is C16H18ClN3O. The van der Waals surface area contributed by atoms with Gasteiger partial charge in [-0.2, -0.15) is 0 Å². The summed E-state index contributed by atoms with van der Waals surface area (Å²) in [4.78, 5) is 12.0. The average molecular weight is 304 g/mol. The first-order chi connectivity index (χ1) is 9.86. The molecule has 2 amide bonds. The van der Waals surface area contributed by atoms with Crippen molar-refractivity contribution in [2.75, 3.05) is 16.4 Å². The smallest absolute Gasteiger partial charge is 0.323 e. The van der Waals surface area contributed by atoms with Crippen molar-refractivity contribution < 1.29 is 4.79 Å². The minimum Gasteiger partial charge on any atom is -0.397 e. The molecule has 0 radical (unpaired) electrons. The zero-order chi connectivity index (χ0) is 15.6. The van der Waals surface area contributed by atoms with E-state index >= 15 is 0 Å². The summed E-state index contributed by atoms with van der Waals surface area (Å²) in [5.41, 5.74) is 10.8. The van der Waals surface area contributed by atoms with Crippen LogP contribution in [0.1, 0.15) is 16.7 Å². The van der Waals surface area contributed by atoms with E-state index in [9.17, 15) is 4.79 Å². The summed E-state index contributed by atoms with van der Waals surface area (Å²) in [6, 6.07) is 8.69. The molecular weight excluding hydrogens is 286 g/mol. The number of carbonyl (C=O) groups excluding carboxylic acids is 1. The number of halogens is 1. The maximum Gasteiger partial charge on any atom is 0.323 e. The number of aryl methyl sites for hydroxylation is 3. The number of urea groups is 1. The summed E-state index contributed by atoms with van der Waals surface area (Å²) < 4.78 is 0. The second-order valence-electron chi connectivity index (χ2n) is 5.07. The standard InChI is InChI=1S/C16H18ClN3O/c1-9-4-5-12(8-13(9)17)19-16(21)20-15-7-11(3)10(2)6-14(15)18/h4-8H,18H2,1-3H3,(H2,19,20,21). The van der Waals surface area contributed by atoms with Crippen molar-refractivity contribution in [2.45, 2.75) is 20.8 Å². The number of nitrogens with one attached hydrogen (secondary N) is 2. The first-order valence-electron chi connectivity index (χ1n) is 6.57. The largest absolute Gasteiger partial charge is 0.397 e. The third kappa shape index (κ3) is 3.67. The molecule has 2 aromatic carbocycles. The summed E-state index contributed by atoms with van der Waals surface area (Å²) in [7, 11) is 0. The van der Waals surface area contributed by atoms with Crippen LogP contribution in [0.25, 0.3) is 0 Å². The van der Waals surface area contributed by atoms with Gasteiger partial charge in [0.15, 0.2) is 0 Å². The van der Waals surface area contributed by atoms with Gasteiger partial charge >= 0.3 is 6.03 Å². The van der Waals surface area contributed by atoms with Crippen molar-refractivity contribution in [1.29, 1.82) is 0 Å². The number of amides is 2. The molecule has 0 atom stereocenters. The fourth-order valence-electron chi connectivity index (χ4n) is 1.90. The lowest BCUT2D eigenvalue weighted by Gasteiger charge is -2.12. The van der Waals surface area contributed by atoms with Crippen LogP contribution >= 0.6 is 11.6 Å². The SMILES string of the molecule is Cc1cc(N)c(NC(=O)Nc2ccc(C)c(Cl)c2)cc1C. The predicted molar refractivity (Wildman–Crippen MR) is 89.2 cm³/mol. The lowest BCUT2D eigenvalue weighted by molar-refractivity contribution is 0.262. The van der Waals surface area contributed by atoms with Crippen LogP contribution in [-0.2, 0) is 0 Å². The van der Waals surface area contributed by atoms with Crippen LogP contribution in [0.2, 0.25) is 5.02 Å². The molecule has 2 aromatic rings. The highest BCUT2D eigenvalue weighted by atomic mass is 35.5. The Morgan fingerprint density at radius 1 is 1.00 bits per heavy atom. The second kappa shape index (κ2) is 6.06. The van der Waals surface area contributed by atoms with Crippen molar-refractivity contribution in [2.24, 2.45) is 0 Å². The van der Waals surface area contributed by atoms with Gasteiger partial charge in [0.2, 0.25) is 0 Å². The van der Waals surface area contributed by atoms with Gasteiger partial charge < -0.3 is 16.4 Å². The first kappa shape index (κ1) is 15.2. The Bertz CT molecular complexity index is 698. The fourth-order valence-corrected chi connectivity index (χ4v) is 2.08. The van der Waals surface area contributed by atoms with Gasteiger partial charge in [0.25, 0.3) is 0 Å². The van der Waals surface area contributed by atoms with Gasteiger partial charge in [0, 0.05) is 10.7 Å². The summed E-state index contributed by atoms with van der Waals surface area (Å²) in [5, 5.41) is 6.08. The van der Waals surface area contributed by atoms with E-state index in [2.05, 4.69) is 10.6 Å². The van der Waals surface area contributed by atoms with Gasteiger partial charge in [-0.15, -0.1) is 0 Å². The van der Waals surface area contributed by atoms with Gasteiger partial charge in [-0.05, 0) is 61.7 Å². The summed E-state index contributed by atoms with van der Waals surface area (Å²) in [6.07, 6.45) is 0. The molecule has 0 heterocycles. The topological polar surface area (TPSA) is 67.1 Å². The number of rotatable bonds is 2.